The monoisotopic (exact) mass is 431 g/mol. The van der Waals surface area contributed by atoms with E-state index in [1.807, 2.05) is 0 Å². The minimum absolute atomic E-state index is 0.0511. The van der Waals surface area contributed by atoms with E-state index in [0.29, 0.717) is 16.9 Å². The van der Waals surface area contributed by atoms with Crippen LogP contribution in [0.4, 0.5) is 8.78 Å². The Morgan fingerprint density at radius 3 is 2.07 bits per heavy atom. The highest BCUT2D eigenvalue weighted by atomic mass is 32.2. The zero-order valence-electron chi connectivity index (χ0n) is 16.7. The first-order valence-electron chi connectivity index (χ1n) is 8.44. The second-order valence-corrected chi connectivity index (χ2v) is 8.11. The van der Waals surface area contributed by atoms with Crippen molar-refractivity contribution in [1.82, 2.24) is 4.31 Å². The molecule has 0 unspecified atom stereocenters. The van der Waals surface area contributed by atoms with Gasteiger partial charge in [-0.1, -0.05) is 6.07 Å². The summed E-state index contributed by atoms with van der Waals surface area (Å²) in [7, 11) is 1.69. The molecule has 0 saturated heterocycles. The minimum Gasteiger partial charge on any atom is -0.493 e. The molecule has 0 fully saturated rings. The summed E-state index contributed by atoms with van der Waals surface area (Å²) >= 11 is 0. The number of aryl methyl sites for hydroxylation is 1. The molecule has 0 aromatic heterocycles. The first-order valence-corrected chi connectivity index (χ1v) is 9.88. The quantitative estimate of drug-likeness (QED) is 0.606. The van der Waals surface area contributed by atoms with Crippen LogP contribution in [-0.2, 0) is 16.6 Å². The van der Waals surface area contributed by atoms with E-state index in [-0.39, 0.29) is 28.7 Å². The van der Waals surface area contributed by atoms with Crippen molar-refractivity contribution in [3.05, 3.63) is 41.5 Å². The van der Waals surface area contributed by atoms with Gasteiger partial charge in [-0.25, -0.2) is 8.42 Å². The van der Waals surface area contributed by atoms with Gasteiger partial charge < -0.3 is 18.9 Å². The number of hydrogen-bond acceptors (Lipinski definition) is 6. The van der Waals surface area contributed by atoms with Gasteiger partial charge in [0.15, 0.2) is 23.0 Å². The zero-order chi connectivity index (χ0) is 21.8. The molecule has 0 amide bonds. The standard InChI is InChI=1S/C19H23F2NO6S/c1-12-8-15(26-4)16(27-5)10-18(12)29(23,24)22(2)11-13-6-7-14(25-3)17(9-13)28-19(20)21/h6-10,19H,11H2,1-5H3. The fraction of sp³-hybridized carbons (Fsp3) is 0.368. The molecule has 2 rings (SSSR count). The number of rotatable bonds is 9. The van der Waals surface area contributed by atoms with Crippen LogP contribution >= 0.6 is 0 Å². The van der Waals surface area contributed by atoms with Crippen LogP contribution in [0, 0.1) is 6.92 Å². The number of methoxy groups -OCH3 is 3. The van der Waals surface area contributed by atoms with Gasteiger partial charge >= 0.3 is 6.61 Å². The summed E-state index contributed by atoms with van der Waals surface area (Å²) in [6.45, 7) is -1.46. The molecule has 160 valence electrons. The normalized spacial score (nSPS) is 11.6. The Labute approximate surface area is 168 Å². The summed E-state index contributed by atoms with van der Waals surface area (Å²) in [6, 6.07) is 7.29. The van der Waals surface area contributed by atoms with E-state index in [9.17, 15) is 17.2 Å². The molecule has 7 nitrogen and oxygen atoms in total. The predicted octanol–water partition coefficient (Wildman–Crippen LogP) is 3.44. The number of hydrogen-bond donors (Lipinski definition) is 0. The van der Waals surface area contributed by atoms with E-state index < -0.39 is 16.6 Å². The Balaban J connectivity index is 2.36. The van der Waals surface area contributed by atoms with Crippen molar-refractivity contribution in [2.45, 2.75) is 25.0 Å². The van der Waals surface area contributed by atoms with Gasteiger partial charge in [0, 0.05) is 19.7 Å². The minimum atomic E-state index is -3.90. The van der Waals surface area contributed by atoms with Crippen LogP contribution in [0.1, 0.15) is 11.1 Å². The lowest BCUT2D eigenvalue weighted by atomic mass is 10.2. The van der Waals surface area contributed by atoms with Crippen molar-refractivity contribution in [2.24, 2.45) is 0 Å². The Bertz CT molecular complexity index is 965. The van der Waals surface area contributed by atoms with Crippen LogP contribution in [0.25, 0.3) is 0 Å². The average molecular weight is 431 g/mol. The molecule has 0 spiro atoms. The lowest BCUT2D eigenvalue weighted by molar-refractivity contribution is -0.0512. The van der Waals surface area contributed by atoms with Crippen molar-refractivity contribution in [3.63, 3.8) is 0 Å². The highest BCUT2D eigenvalue weighted by Crippen LogP contribution is 2.34. The molecule has 0 atom stereocenters. The van der Waals surface area contributed by atoms with E-state index in [0.717, 1.165) is 4.31 Å². The van der Waals surface area contributed by atoms with Crippen molar-refractivity contribution in [1.29, 1.82) is 0 Å². The van der Waals surface area contributed by atoms with E-state index in [1.54, 1.807) is 19.1 Å². The van der Waals surface area contributed by atoms with E-state index >= 15 is 0 Å². The molecule has 0 aliphatic rings. The predicted molar refractivity (Wildman–Crippen MR) is 103 cm³/mol. The van der Waals surface area contributed by atoms with E-state index in [1.165, 1.54) is 46.6 Å². The molecular formula is C19H23F2NO6S. The second kappa shape index (κ2) is 9.27. The molecule has 29 heavy (non-hydrogen) atoms. The van der Waals surface area contributed by atoms with E-state index in [2.05, 4.69) is 4.74 Å². The lowest BCUT2D eigenvalue weighted by Gasteiger charge is -2.20. The maximum absolute atomic E-state index is 13.1. The summed E-state index contributed by atoms with van der Waals surface area (Å²) in [5, 5.41) is 0. The largest absolute Gasteiger partial charge is 0.493 e. The number of sulfonamides is 1. The van der Waals surface area contributed by atoms with Crippen LogP contribution in [0.2, 0.25) is 0 Å². The molecule has 10 heteroatoms. The Kier molecular flexibility index (Phi) is 7.26. The van der Waals surface area contributed by atoms with Gasteiger partial charge in [-0.05, 0) is 36.2 Å². The molecule has 0 radical (unpaired) electrons. The third-order valence-electron chi connectivity index (χ3n) is 4.22. The third-order valence-corrected chi connectivity index (χ3v) is 6.16. The van der Waals surface area contributed by atoms with Crippen molar-refractivity contribution >= 4 is 10.0 Å². The van der Waals surface area contributed by atoms with Gasteiger partial charge in [0.25, 0.3) is 0 Å². The van der Waals surface area contributed by atoms with Crippen LogP contribution in [0.3, 0.4) is 0 Å². The van der Waals surface area contributed by atoms with Crippen molar-refractivity contribution in [3.8, 4) is 23.0 Å². The molecule has 0 saturated carbocycles. The summed E-state index contributed by atoms with van der Waals surface area (Å²) in [6.07, 6.45) is 0. The lowest BCUT2D eigenvalue weighted by Crippen LogP contribution is -2.27. The average Bonchev–Trinajstić information content (AvgIpc) is 2.67. The topological polar surface area (TPSA) is 74.3 Å². The van der Waals surface area contributed by atoms with Crippen LogP contribution in [-0.4, -0.2) is 47.7 Å². The molecule has 0 aliphatic heterocycles. The summed E-state index contributed by atoms with van der Waals surface area (Å²) in [4.78, 5) is 0.0511. The van der Waals surface area contributed by atoms with Gasteiger partial charge in [-0.3, -0.25) is 0 Å². The molecule has 0 aliphatic carbocycles. The van der Waals surface area contributed by atoms with Crippen molar-refractivity contribution in [2.75, 3.05) is 28.4 Å². The van der Waals surface area contributed by atoms with Crippen molar-refractivity contribution < 1.29 is 36.1 Å². The number of benzene rings is 2. The smallest absolute Gasteiger partial charge is 0.387 e. The molecule has 2 aromatic rings. The van der Waals surface area contributed by atoms with Crippen LogP contribution < -0.4 is 18.9 Å². The highest BCUT2D eigenvalue weighted by molar-refractivity contribution is 7.89. The Morgan fingerprint density at radius 1 is 0.931 bits per heavy atom. The SMILES string of the molecule is COc1cc(C)c(S(=O)(=O)N(C)Cc2ccc(OC)c(OC(F)F)c2)cc1OC. The molecular weight excluding hydrogens is 408 g/mol. The van der Waals surface area contributed by atoms with Gasteiger partial charge in [-0.15, -0.1) is 0 Å². The van der Waals surface area contributed by atoms with Gasteiger partial charge in [-0.2, -0.15) is 13.1 Å². The van der Waals surface area contributed by atoms with E-state index in [4.69, 9.17) is 14.2 Å². The summed E-state index contributed by atoms with van der Waals surface area (Å²) < 4.78 is 72.3. The summed E-state index contributed by atoms with van der Waals surface area (Å²) in [5.74, 6) is 0.640. The second-order valence-electron chi connectivity index (χ2n) is 6.10. The number of halogens is 2. The fourth-order valence-electron chi connectivity index (χ4n) is 2.76. The first kappa shape index (κ1) is 22.7. The molecule has 2 aromatic carbocycles. The number of ether oxygens (including phenoxy) is 4. The molecule has 0 bridgehead atoms. The zero-order valence-corrected chi connectivity index (χ0v) is 17.5. The third kappa shape index (κ3) is 5.07. The van der Waals surface area contributed by atoms with Gasteiger partial charge in [0.1, 0.15) is 0 Å². The Hall–Kier alpha value is -2.59. The number of nitrogens with zero attached hydrogens (tertiary/aromatic N) is 1. The van der Waals surface area contributed by atoms with Gasteiger partial charge in [0.2, 0.25) is 10.0 Å². The Morgan fingerprint density at radius 2 is 1.52 bits per heavy atom. The maximum atomic E-state index is 13.1. The van der Waals surface area contributed by atoms with Gasteiger partial charge in [0.05, 0.1) is 26.2 Å². The molecule has 0 heterocycles. The maximum Gasteiger partial charge on any atom is 0.387 e. The van der Waals surface area contributed by atoms with Crippen LogP contribution in [0.15, 0.2) is 35.2 Å². The molecule has 0 N–H and O–H groups in total. The van der Waals surface area contributed by atoms with Crippen LogP contribution in [0.5, 0.6) is 23.0 Å². The fourth-order valence-corrected chi connectivity index (χ4v) is 4.13. The first-order chi connectivity index (χ1) is 13.6. The number of alkyl halides is 2. The highest BCUT2D eigenvalue weighted by Gasteiger charge is 2.25. The summed E-state index contributed by atoms with van der Waals surface area (Å²) in [5.41, 5.74) is 0.927.